The summed E-state index contributed by atoms with van der Waals surface area (Å²) >= 11 is 0. The highest BCUT2D eigenvalue weighted by Crippen LogP contribution is 2.07. The normalized spacial score (nSPS) is 10.3. The van der Waals surface area contributed by atoms with Crippen LogP contribution in [0.5, 0.6) is 0 Å². The predicted octanol–water partition coefficient (Wildman–Crippen LogP) is 4.04. The van der Waals surface area contributed by atoms with Crippen LogP contribution in [0.2, 0.25) is 0 Å². The van der Waals surface area contributed by atoms with Crippen molar-refractivity contribution < 1.29 is 14.3 Å². The van der Waals surface area contributed by atoms with Crippen molar-refractivity contribution in [2.24, 2.45) is 0 Å². The molecule has 0 bridgehead atoms. The number of esters is 1. The molecular formula is C15H28O3. The Morgan fingerprint density at radius 3 is 2.17 bits per heavy atom. The van der Waals surface area contributed by atoms with Gasteiger partial charge >= 0.3 is 5.97 Å². The maximum absolute atomic E-state index is 11.3. The van der Waals surface area contributed by atoms with Crippen LogP contribution in [-0.4, -0.2) is 18.4 Å². The zero-order valence-electron chi connectivity index (χ0n) is 12.0. The maximum Gasteiger partial charge on any atom is 0.305 e. The predicted molar refractivity (Wildman–Crippen MR) is 73.5 cm³/mol. The minimum absolute atomic E-state index is 0.0917. The van der Waals surface area contributed by atoms with Gasteiger partial charge in [0.15, 0.2) is 0 Å². The molecular weight excluding hydrogens is 228 g/mol. The van der Waals surface area contributed by atoms with E-state index in [0.29, 0.717) is 31.7 Å². The van der Waals surface area contributed by atoms with Crippen LogP contribution in [0.25, 0.3) is 0 Å². The van der Waals surface area contributed by atoms with Crippen LogP contribution in [0.15, 0.2) is 0 Å². The van der Waals surface area contributed by atoms with E-state index in [-0.39, 0.29) is 5.97 Å². The van der Waals surface area contributed by atoms with Gasteiger partial charge in [-0.1, -0.05) is 33.1 Å². The number of rotatable bonds is 12. The second-order valence-corrected chi connectivity index (χ2v) is 4.78. The molecule has 0 aromatic carbocycles. The van der Waals surface area contributed by atoms with Crippen molar-refractivity contribution in [3.8, 4) is 0 Å². The molecule has 106 valence electrons. The number of hydrogen-bond acceptors (Lipinski definition) is 3. The van der Waals surface area contributed by atoms with E-state index >= 15 is 0 Å². The molecule has 0 saturated heterocycles. The quantitative estimate of drug-likeness (QED) is 0.391. The highest BCUT2D eigenvalue weighted by atomic mass is 16.5. The number of hydrogen-bond donors (Lipinski definition) is 0. The van der Waals surface area contributed by atoms with Crippen LogP contribution < -0.4 is 0 Å². The summed E-state index contributed by atoms with van der Waals surface area (Å²) in [6.45, 7) is 4.70. The van der Waals surface area contributed by atoms with E-state index < -0.39 is 0 Å². The lowest BCUT2D eigenvalue weighted by Crippen LogP contribution is -2.05. The van der Waals surface area contributed by atoms with Crippen LogP contribution in [0, 0.1) is 0 Å². The molecule has 0 aliphatic heterocycles. The minimum Gasteiger partial charge on any atom is -0.466 e. The second-order valence-electron chi connectivity index (χ2n) is 4.78. The first-order valence-corrected chi connectivity index (χ1v) is 7.38. The molecule has 0 fully saturated rings. The summed E-state index contributed by atoms with van der Waals surface area (Å²) in [6, 6.07) is 0. The molecule has 3 nitrogen and oxygen atoms in total. The first kappa shape index (κ1) is 17.1. The lowest BCUT2D eigenvalue weighted by Gasteiger charge is -2.04. The van der Waals surface area contributed by atoms with Gasteiger partial charge in [-0.25, -0.2) is 0 Å². The smallest absolute Gasteiger partial charge is 0.305 e. The lowest BCUT2D eigenvalue weighted by atomic mass is 10.1. The highest BCUT2D eigenvalue weighted by molar-refractivity contribution is 5.78. The van der Waals surface area contributed by atoms with Crippen molar-refractivity contribution in [2.75, 3.05) is 6.61 Å². The fraction of sp³-hybridized carbons (Fsp3) is 0.867. The number of Topliss-reactive ketones (excluding diaryl/α,β-unsaturated/α-hetero) is 1. The lowest BCUT2D eigenvalue weighted by molar-refractivity contribution is -0.143. The third-order valence-electron chi connectivity index (χ3n) is 2.88. The van der Waals surface area contributed by atoms with Gasteiger partial charge in [-0.05, 0) is 25.7 Å². The second kappa shape index (κ2) is 12.6. The topological polar surface area (TPSA) is 43.4 Å². The molecule has 0 N–H and O–H groups in total. The zero-order valence-corrected chi connectivity index (χ0v) is 12.0. The van der Waals surface area contributed by atoms with E-state index in [9.17, 15) is 9.59 Å². The molecule has 0 saturated carbocycles. The molecule has 0 aliphatic carbocycles. The maximum atomic E-state index is 11.3. The van der Waals surface area contributed by atoms with Crippen LogP contribution in [0.4, 0.5) is 0 Å². The molecule has 0 spiro atoms. The molecule has 3 heteroatoms. The number of ketones is 1. The van der Waals surface area contributed by atoms with Crippen molar-refractivity contribution in [3.05, 3.63) is 0 Å². The van der Waals surface area contributed by atoms with Crippen LogP contribution in [0.3, 0.4) is 0 Å². The molecule has 0 heterocycles. The fourth-order valence-electron chi connectivity index (χ4n) is 1.78. The van der Waals surface area contributed by atoms with E-state index in [4.69, 9.17) is 4.74 Å². The van der Waals surface area contributed by atoms with Gasteiger partial charge in [-0.2, -0.15) is 0 Å². The van der Waals surface area contributed by atoms with Crippen LogP contribution in [-0.2, 0) is 14.3 Å². The van der Waals surface area contributed by atoms with E-state index in [2.05, 4.69) is 6.92 Å². The van der Waals surface area contributed by atoms with Gasteiger partial charge in [0, 0.05) is 19.3 Å². The molecule has 0 amide bonds. The van der Waals surface area contributed by atoms with Gasteiger partial charge < -0.3 is 4.74 Å². The highest BCUT2D eigenvalue weighted by Gasteiger charge is 2.03. The van der Waals surface area contributed by atoms with E-state index in [0.717, 1.165) is 44.9 Å². The van der Waals surface area contributed by atoms with Crippen molar-refractivity contribution >= 4 is 11.8 Å². The Morgan fingerprint density at radius 2 is 1.50 bits per heavy atom. The summed E-state index contributed by atoms with van der Waals surface area (Å²) in [4.78, 5) is 22.6. The summed E-state index contributed by atoms with van der Waals surface area (Å²) in [5.74, 6) is 0.255. The number of carbonyl (C=O) groups is 2. The summed E-state index contributed by atoms with van der Waals surface area (Å²) in [5, 5.41) is 0. The SMILES string of the molecule is CCCCCOC(=O)CCCCCC(=O)CCC. The summed E-state index contributed by atoms with van der Waals surface area (Å²) in [6.07, 6.45) is 8.70. The number of unbranched alkanes of at least 4 members (excludes halogenated alkanes) is 4. The summed E-state index contributed by atoms with van der Waals surface area (Å²) < 4.78 is 5.10. The standard InChI is InChI=1S/C15H28O3/c1-3-5-9-13-18-15(17)12-8-6-7-11-14(16)10-4-2/h3-13H2,1-2H3. The Hall–Kier alpha value is -0.860. The third-order valence-corrected chi connectivity index (χ3v) is 2.88. The molecule has 0 aliphatic rings. The minimum atomic E-state index is -0.0917. The van der Waals surface area contributed by atoms with Crippen molar-refractivity contribution in [2.45, 2.75) is 78.1 Å². The first-order valence-electron chi connectivity index (χ1n) is 7.38. The Kier molecular flexibility index (Phi) is 12.0. The van der Waals surface area contributed by atoms with Crippen molar-refractivity contribution in [3.63, 3.8) is 0 Å². The number of carbonyl (C=O) groups excluding carboxylic acids is 2. The average molecular weight is 256 g/mol. The Balaban J connectivity index is 3.27. The van der Waals surface area contributed by atoms with E-state index in [1.807, 2.05) is 6.92 Å². The molecule has 0 aromatic rings. The van der Waals surface area contributed by atoms with Crippen LogP contribution >= 0.6 is 0 Å². The van der Waals surface area contributed by atoms with Gasteiger partial charge in [0.25, 0.3) is 0 Å². The van der Waals surface area contributed by atoms with E-state index in [1.54, 1.807) is 0 Å². The van der Waals surface area contributed by atoms with Gasteiger partial charge in [-0.3, -0.25) is 9.59 Å². The zero-order chi connectivity index (χ0) is 13.6. The Labute approximate surface area is 111 Å². The van der Waals surface area contributed by atoms with Crippen LogP contribution in [0.1, 0.15) is 78.1 Å². The molecule has 0 radical (unpaired) electrons. The van der Waals surface area contributed by atoms with Crippen molar-refractivity contribution in [1.82, 2.24) is 0 Å². The largest absolute Gasteiger partial charge is 0.466 e. The van der Waals surface area contributed by atoms with Gasteiger partial charge in [-0.15, -0.1) is 0 Å². The monoisotopic (exact) mass is 256 g/mol. The molecule has 0 atom stereocenters. The Bertz CT molecular complexity index is 224. The van der Waals surface area contributed by atoms with Gasteiger partial charge in [0.05, 0.1) is 6.61 Å². The van der Waals surface area contributed by atoms with Crippen molar-refractivity contribution in [1.29, 1.82) is 0 Å². The number of ether oxygens (including phenoxy) is 1. The summed E-state index contributed by atoms with van der Waals surface area (Å²) in [7, 11) is 0. The molecule has 0 rings (SSSR count). The summed E-state index contributed by atoms with van der Waals surface area (Å²) in [5.41, 5.74) is 0. The molecule has 0 unspecified atom stereocenters. The fourth-order valence-corrected chi connectivity index (χ4v) is 1.78. The molecule has 0 aromatic heterocycles. The van der Waals surface area contributed by atoms with E-state index in [1.165, 1.54) is 0 Å². The van der Waals surface area contributed by atoms with Gasteiger partial charge in [0.1, 0.15) is 5.78 Å². The Morgan fingerprint density at radius 1 is 0.778 bits per heavy atom. The third kappa shape index (κ3) is 11.6. The average Bonchev–Trinajstić information content (AvgIpc) is 2.34. The first-order chi connectivity index (χ1) is 8.70. The van der Waals surface area contributed by atoms with Gasteiger partial charge in [0.2, 0.25) is 0 Å². The molecule has 18 heavy (non-hydrogen) atoms.